The second kappa shape index (κ2) is 11.9. The largest absolute Gasteiger partial charge is 0.456 e. The Kier molecular flexibility index (Phi) is 6.78. The Labute approximate surface area is 294 Å². The number of furan rings is 1. The molecule has 51 heavy (non-hydrogen) atoms. The van der Waals surface area contributed by atoms with E-state index in [4.69, 9.17) is 19.4 Å². The van der Waals surface area contributed by atoms with Crippen molar-refractivity contribution in [1.29, 1.82) is 0 Å². The Bertz CT molecular complexity index is 2890. The average Bonchev–Trinajstić information content (AvgIpc) is 3.65. The molecule has 8 aromatic carbocycles. The van der Waals surface area contributed by atoms with Crippen molar-refractivity contribution < 1.29 is 4.42 Å². The van der Waals surface area contributed by atoms with Crippen LogP contribution in [-0.2, 0) is 0 Å². The first kappa shape index (κ1) is 29.0. The number of nitrogens with zero attached hydrogens (tertiary/aromatic N) is 3. The number of fused-ring (bicyclic) bond motifs is 5. The highest BCUT2D eigenvalue weighted by Crippen LogP contribution is 2.43. The second-order valence-electron chi connectivity index (χ2n) is 12.8. The number of hydrogen-bond donors (Lipinski definition) is 0. The Balaban J connectivity index is 1.21. The van der Waals surface area contributed by atoms with E-state index in [0.717, 1.165) is 44.5 Å². The van der Waals surface area contributed by atoms with Gasteiger partial charge in [-0.05, 0) is 67.7 Å². The lowest BCUT2D eigenvalue weighted by atomic mass is 9.88. The molecule has 2 heterocycles. The van der Waals surface area contributed by atoms with E-state index in [1.807, 2.05) is 54.6 Å². The Morgan fingerprint density at radius 2 is 0.961 bits per heavy atom. The molecule has 4 heteroatoms. The van der Waals surface area contributed by atoms with Gasteiger partial charge in [0.1, 0.15) is 11.3 Å². The molecule has 0 N–H and O–H groups in total. The van der Waals surface area contributed by atoms with Gasteiger partial charge in [-0.2, -0.15) is 0 Å². The zero-order chi connectivity index (χ0) is 33.7. The van der Waals surface area contributed by atoms with Gasteiger partial charge >= 0.3 is 0 Å². The predicted molar refractivity (Wildman–Crippen MR) is 209 cm³/mol. The van der Waals surface area contributed by atoms with Gasteiger partial charge in [-0.25, -0.2) is 15.0 Å². The molecule has 0 bridgehead atoms. The summed E-state index contributed by atoms with van der Waals surface area (Å²) in [5.74, 6) is 2.63. The van der Waals surface area contributed by atoms with Gasteiger partial charge in [0.15, 0.2) is 17.5 Å². The standard InChI is InChI=1S/C47H29N3O/c1-2-14-31(15-3-1)45-48-46(35-19-12-18-33(27-35)43-29-34-17-6-11-24-42(34)51-43)50-47(49-45)40-23-10-9-22-38(40)44-37-21-8-5-16-32(37)28-41-36-20-7-4-13-30(36)25-26-39(41)44/h1-29H. The maximum atomic E-state index is 6.24. The van der Waals surface area contributed by atoms with Crippen molar-refractivity contribution in [3.8, 4) is 56.6 Å². The van der Waals surface area contributed by atoms with Crippen LogP contribution in [0.15, 0.2) is 180 Å². The fourth-order valence-electron chi connectivity index (χ4n) is 7.28. The molecule has 0 amide bonds. The molecule has 0 aliphatic carbocycles. The van der Waals surface area contributed by atoms with Crippen LogP contribution in [-0.4, -0.2) is 15.0 Å². The van der Waals surface area contributed by atoms with Crippen LogP contribution in [0, 0.1) is 0 Å². The maximum Gasteiger partial charge on any atom is 0.164 e. The lowest BCUT2D eigenvalue weighted by Gasteiger charge is -2.17. The van der Waals surface area contributed by atoms with Crippen molar-refractivity contribution in [2.45, 2.75) is 0 Å². The molecule has 4 nitrogen and oxygen atoms in total. The Morgan fingerprint density at radius 3 is 1.80 bits per heavy atom. The van der Waals surface area contributed by atoms with E-state index in [1.165, 1.54) is 37.9 Å². The van der Waals surface area contributed by atoms with E-state index in [9.17, 15) is 0 Å². The first-order valence-corrected chi connectivity index (χ1v) is 17.1. The lowest BCUT2D eigenvalue weighted by molar-refractivity contribution is 0.631. The van der Waals surface area contributed by atoms with Gasteiger partial charge in [-0.15, -0.1) is 0 Å². The predicted octanol–water partition coefficient (Wildman–Crippen LogP) is 12.4. The molecule has 0 spiro atoms. The van der Waals surface area contributed by atoms with Crippen molar-refractivity contribution in [3.05, 3.63) is 176 Å². The van der Waals surface area contributed by atoms with Crippen LogP contribution in [0.2, 0.25) is 0 Å². The normalized spacial score (nSPS) is 11.5. The van der Waals surface area contributed by atoms with Gasteiger partial charge < -0.3 is 4.42 Å². The van der Waals surface area contributed by atoms with Crippen molar-refractivity contribution in [3.63, 3.8) is 0 Å². The van der Waals surface area contributed by atoms with Crippen molar-refractivity contribution in [2.24, 2.45) is 0 Å². The highest BCUT2D eigenvalue weighted by Gasteiger charge is 2.19. The number of hydrogen-bond acceptors (Lipinski definition) is 4. The zero-order valence-electron chi connectivity index (χ0n) is 27.5. The molecule has 0 saturated carbocycles. The summed E-state index contributed by atoms with van der Waals surface area (Å²) in [5, 5.41) is 8.31. The number of para-hydroxylation sites is 1. The van der Waals surface area contributed by atoms with Crippen molar-refractivity contribution in [1.82, 2.24) is 15.0 Å². The van der Waals surface area contributed by atoms with Gasteiger partial charge in [-0.3, -0.25) is 0 Å². The number of benzene rings is 8. The molecule has 0 aliphatic rings. The molecule has 0 atom stereocenters. The van der Waals surface area contributed by atoms with E-state index in [2.05, 4.69) is 121 Å². The van der Waals surface area contributed by atoms with Crippen molar-refractivity contribution in [2.75, 3.05) is 0 Å². The Hall–Kier alpha value is -6.91. The molecule has 0 unspecified atom stereocenters. The summed E-state index contributed by atoms with van der Waals surface area (Å²) >= 11 is 0. The third-order valence-corrected chi connectivity index (χ3v) is 9.71. The highest BCUT2D eigenvalue weighted by atomic mass is 16.3. The summed E-state index contributed by atoms with van der Waals surface area (Å²) in [5.41, 5.74) is 6.81. The Morgan fingerprint density at radius 1 is 0.333 bits per heavy atom. The molecule has 0 radical (unpaired) electrons. The van der Waals surface area contributed by atoms with Gasteiger partial charge in [0.05, 0.1) is 0 Å². The summed E-state index contributed by atoms with van der Waals surface area (Å²) in [6.45, 7) is 0. The van der Waals surface area contributed by atoms with Crippen LogP contribution in [0.5, 0.6) is 0 Å². The fraction of sp³-hybridized carbons (Fsp3) is 0. The minimum atomic E-state index is 0.598. The van der Waals surface area contributed by atoms with Crippen LogP contribution in [0.1, 0.15) is 0 Å². The first-order chi connectivity index (χ1) is 25.3. The van der Waals surface area contributed by atoms with Crippen molar-refractivity contribution >= 4 is 43.3 Å². The second-order valence-corrected chi connectivity index (χ2v) is 12.8. The third kappa shape index (κ3) is 5.04. The van der Waals surface area contributed by atoms with Crippen LogP contribution in [0.3, 0.4) is 0 Å². The van der Waals surface area contributed by atoms with Crippen LogP contribution in [0.25, 0.3) is 99.9 Å². The topological polar surface area (TPSA) is 51.8 Å². The molecular formula is C47H29N3O. The summed E-state index contributed by atoms with van der Waals surface area (Å²) in [6, 6.07) is 61.1. The summed E-state index contributed by atoms with van der Waals surface area (Å²) in [7, 11) is 0. The van der Waals surface area contributed by atoms with Crippen LogP contribution in [0.4, 0.5) is 0 Å². The number of aromatic nitrogens is 3. The minimum absolute atomic E-state index is 0.598. The van der Waals surface area contributed by atoms with Gasteiger partial charge in [0.2, 0.25) is 0 Å². The molecule has 10 aromatic rings. The smallest absolute Gasteiger partial charge is 0.164 e. The van der Waals surface area contributed by atoms with Crippen LogP contribution < -0.4 is 0 Å². The molecule has 2 aromatic heterocycles. The molecule has 0 fully saturated rings. The third-order valence-electron chi connectivity index (χ3n) is 9.71. The summed E-state index contributed by atoms with van der Waals surface area (Å²) < 4.78 is 6.24. The summed E-state index contributed by atoms with van der Waals surface area (Å²) in [6.07, 6.45) is 0. The monoisotopic (exact) mass is 651 g/mol. The lowest BCUT2D eigenvalue weighted by Crippen LogP contribution is -2.01. The molecule has 0 saturated heterocycles. The fourth-order valence-corrected chi connectivity index (χ4v) is 7.28. The summed E-state index contributed by atoms with van der Waals surface area (Å²) in [4.78, 5) is 15.4. The van der Waals surface area contributed by atoms with E-state index >= 15 is 0 Å². The minimum Gasteiger partial charge on any atom is -0.456 e. The molecule has 10 rings (SSSR count). The average molecular weight is 652 g/mol. The number of rotatable bonds is 5. The van der Waals surface area contributed by atoms with E-state index in [-0.39, 0.29) is 0 Å². The van der Waals surface area contributed by atoms with Crippen LogP contribution >= 0.6 is 0 Å². The molecule has 238 valence electrons. The van der Waals surface area contributed by atoms with Gasteiger partial charge in [-0.1, -0.05) is 152 Å². The van der Waals surface area contributed by atoms with E-state index in [0.29, 0.717) is 17.5 Å². The first-order valence-electron chi connectivity index (χ1n) is 17.1. The van der Waals surface area contributed by atoms with E-state index < -0.39 is 0 Å². The molecular weight excluding hydrogens is 623 g/mol. The van der Waals surface area contributed by atoms with Gasteiger partial charge in [0.25, 0.3) is 0 Å². The quantitative estimate of drug-likeness (QED) is 0.137. The SMILES string of the molecule is c1ccc(-c2nc(-c3cccc(-c4cc5ccccc5o4)c3)nc(-c3ccccc3-c3c4ccccc4cc4c3ccc3ccccc34)n2)cc1. The zero-order valence-corrected chi connectivity index (χ0v) is 27.5. The van der Waals surface area contributed by atoms with Gasteiger partial charge in [0, 0.05) is 27.6 Å². The highest BCUT2D eigenvalue weighted by molar-refractivity contribution is 6.21. The van der Waals surface area contributed by atoms with E-state index in [1.54, 1.807) is 0 Å². The maximum absolute atomic E-state index is 6.24. The molecule has 0 aliphatic heterocycles.